The number of rotatable bonds is 10. The van der Waals surface area contributed by atoms with E-state index >= 15 is 0 Å². The highest BCUT2D eigenvalue weighted by molar-refractivity contribution is 7.98. The van der Waals surface area contributed by atoms with Crippen molar-refractivity contribution in [3.8, 4) is 0 Å². The van der Waals surface area contributed by atoms with Crippen molar-refractivity contribution < 1.29 is 9.47 Å². The van der Waals surface area contributed by atoms with Gasteiger partial charge in [-0.3, -0.25) is 0 Å². The topological polar surface area (TPSA) is 30.5 Å². The first-order chi connectivity index (χ1) is 6.81. The van der Waals surface area contributed by atoms with E-state index in [1.54, 1.807) is 7.11 Å². The van der Waals surface area contributed by atoms with Crippen LogP contribution in [0.1, 0.15) is 13.3 Å². The molecule has 1 atom stereocenters. The highest BCUT2D eigenvalue weighted by Gasteiger charge is 1.98. The van der Waals surface area contributed by atoms with Gasteiger partial charge in [-0.1, -0.05) is 0 Å². The Morgan fingerprint density at radius 1 is 1.29 bits per heavy atom. The highest BCUT2D eigenvalue weighted by Crippen LogP contribution is 1.95. The Hall–Kier alpha value is 0.230. The van der Waals surface area contributed by atoms with Crippen molar-refractivity contribution in [2.75, 3.05) is 45.5 Å². The molecular formula is C10H23NO2S. The van der Waals surface area contributed by atoms with Crippen LogP contribution >= 0.6 is 11.8 Å². The number of ether oxygens (including phenoxy) is 2. The minimum Gasteiger partial charge on any atom is -0.382 e. The molecule has 0 aliphatic heterocycles. The molecule has 0 saturated carbocycles. The second-order valence-electron chi connectivity index (χ2n) is 3.27. The van der Waals surface area contributed by atoms with Gasteiger partial charge < -0.3 is 14.8 Å². The van der Waals surface area contributed by atoms with Gasteiger partial charge in [-0.2, -0.15) is 11.8 Å². The first kappa shape index (κ1) is 14.2. The molecule has 4 heteroatoms. The number of methoxy groups -OCH3 is 1. The van der Waals surface area contributed by atoms with Gasteiger partial charge in [-0.05, 0) is 26.1 Å². The standard InChI is InChI=1S/C10H23NO2S/c1-10(9-14-3)11-5-4-6-13-8-7-12-2/h10-11H,4-9H2,1-3H3. The molecule has 0 saturated heterocycles. The summed E-state index contributed by atoms with van der Waals surface area (Å²) in [6.07, 6.45) is 3.20. The van der Waals surface area contributed by atoms with E-state index in [1.165, 1.54) is 5.75 Å². The maximum atomic E-state index is 5.35. The van der Waals surface area contributed by atoms with Gasteiger partial charge in [-0.25, -0.2) is 0 Å². The molecule has 0 aromatic rings. The number of hydrogen-bond acceptors (Lipinski definition) is 4. The SMILES string of the molecule is COCCOCCCNC(C)CSC. The molecule has 0 aliphatic carbocycles. The number of thioether (sulfide) groups is 1. The summed E-state index contributed by atoms with van der Waals surface area (Å²) in [7, 11) is 1.69. The molecule has 0 heterocycles. The largest absolute Gasteiger partial charge is 0.382 e. The van der Waals surface area contributed by atoms with Crippen LogP contribution in [0.5, 0.6) is 0 Å². The van der Waals surface area contributed by atoms with E-state index in [0.29, 0.717) is 19.3 Å². The van der Waals surface area contributed by atoms with Crippen molar-refractivity contribution in [2.45, 2.75) is 19.4 Å². The number of hydrogen-bond donors (Lipinski definition) is 1. The third kappa shape index (κ3) is 10.3. The van der Waals surface area contributed by atoms with Crippen molar-refractivity contribution in [3.63, 3.8) is 0 Å². The molecule has 1 N–H and O–H groups in total. The third-order valence-electron chi connectivity index (χ3n) is 1.81. The van der Waals surface area contributed by atoms with Gasteiger partial charge in [0.1, 0.15) is 0 Å². The van der Waals surface area contributed by atoms with Crippen molar-refractivity contribution in [1.82, 2.24) is 5.32 Å². The van der Waals surface area contributed by atoms with Gasteiger partial charge in [-0.15, -0.1) is 0 Å². The fraction of sp³-hybridized carbons (Fsp3) is 1.00. The van der Waals surface area contributed by atoms with Crippen LogP contribution in [0.2, 0.25) is 0 Å². The molecule has 0 bridgehead atoms. The molecule has 0 rings (SSSR count). The van der Waals surface area contributed by atoms with Crippen molar-refractivity contribution in [2.24, 2.45) is 0 Å². The van der Waals surface area contributed by atoms with Crippen LogP contribution < -0.4 is 5.32 Å². The van der Waals surface area contributed by atoms with E-state index in [2.05, 4.69) is 18.5 Å². The van der Waals surface area contributed by atoms with Crippen LogP contribution in [-0.4, -0.2) is 51.5 Å². The molecule has 14 heavy (non-hydrogen) atoms. The second-order valence-corrected chi connectivity index (χ2v) is 4.18. The van der Waals surface area contributed by atoms with Gasteiger partial charge in [0.15, 0.2) is 0 Å². The summed E-state index contributed by atoms with van der Waals surface area (Å²) in [6.45, 7) is 5.46. The van der Waals surface area contributed by atoms with E-state index in [1.807, 2.05) is 11.8 Å². The zero-order valence-corrected chi connectivity index (χ0v) is 10.4. The summed E-state index contributed by atoms with van der Waals surface area (Å²) in [5, 5.41) is 3.44. The van der Waals surface area contributed by atoms with Gasteiger partial charge >= 0.3 is 0 Å². The van der Waals surface area contributed by atoms with E-state index in [4.69, 9.17) is 9.47 Å². The fourth-order valence-electron chi connectivity index (χ4n) is 1.08. The van der Waals surface area contributed by atoms with Gasteiger partial charge in [0, 0.05) is 25.5 Å². The van der Waals surface area contributed by atoms with Crippen LogP contribution in [0.25, 0.3) is 0 Å². The second kappa shape index (κ2) is 11.3. The monoisotopic (exact) mass is 221 g/mol. The zero-order valence-electron chi connectivity index (χ0n) is 9.54. The Morgan fingerprint density at radius 3 is 2.71 bits per heavy atom. The average Bonchev–Trinajstić information content (AvgIpc) is 2.17. The molecule has 0 aromatic heterocycles. The predicted molar refractivity (Wildman–Crippen MR) is 63.2 cm³/mol. The van der Waals surface area contributed by atoms with E-state index in [-0.39, 0.29) is 0 Å². The maximum Gasteiger partial charge on any atom is 0.0700 e. The van der Waals surface area contributed by atoms with Crippen LogP contribution in [-0.2, 0) is 9.47 Å². The molecule has 0 amide bonds. The van der Waals surface area contributed by atoms with Crippen LogP contribution in [0.15, 0.2) is 0 Å². The van der Waals surface area contributed by atoms with E-state index in [9.17, 15) is 0 Å². The summed E-state index contributed by atoms with van der Waals surface area (Å²) in [5.74, 6) is 1.17. The minimum atomic E-state index is 0.601. The van der Waals surface area contributed by atoms with Gasteiger partial charge in [0.25, 0.3) is 0 Å². The lowest BCUT2D eigenvalue weighted by molar-refractivity contribution is 0.0693. The van der Waals surface area contributed by atoms with Crippen molar-refractivity contribution >= 4 is 11.8 Å². The van der Waals surface area contributed by atoms with Crippen LogP contribution in [0, 0.1) is 0 Å². The lowest BCUT2D eigenvalue weighted by Gasteiger charge is -2.11. The summed E-state index contributed by atoms with van der Waals surface area (Å²) < 4.78 is 10.2. The first-order valence-corrected chi connectivity index (χ1v) is 6.49. The summed E-state index contributed by atoms with van der Waals surface area (Å²) in [4.78, 5) is 0. The van der Waals surface area contributed by atoms with Gasteiger partial charge in [0.05, 0.1) is 13.2 Å². The van der Waals surface area contributed by atoms with Crippen LogP contribution in [0.3, 0.4) is 0 Å². The van der Waals surface area contributed by atoms with E-state index < -0.39 is 0 Å². The molecule has 0 fully saturated rings. The number of nitrogens with one attached hydrogen (secondary N) is 1. The highest BCUT2D eigenvalue weighted by atomic mass is 32.2. The minimum absolute atomic E-state index is 0.601. The Kier molecular flexibility index (Phi) is 11.5. The third-order valence-corrected chi connectivity index (χ3v) is 2.64. The first-order valence-electron chi connectivity index (χ1n) is 5.10. The smallest absolute Gasteiger partial charge is 0.0700 e. The Bertz CT molecular complexity index is 114. The summed E-state index contributed by atoms with van der Waals surface area (Å²) >= 11 is 1.87. The molecular weight excluding hydrogens is 198 g/mol. The molecule has 0 aliphatic rings. The molecule has 86 valence electrons. The van der Waals surface area contributed by atoms with Crippen molar-refractivity contribution in [1.29, 1.82) is 0 Å². The molecule has 0 aromatic carbocycles. The van der Waals surface area contributed by atoms with Gasteiger partial charge in [0.2, 0.25) is 0 Å². The van der Waals surface area contributed by atoms with Crippen molar-refractivity contribution in [3.05, 3.63) is 0 Å². The molecule has 1 unspecified atom stereocenters. The normalized spacial score (nSPS) is 13.1. The quantitative estimate of drug-likeness (QED) is 0.565. The molecule has 0 spiro atoms. The lowest BCUT2D eigenvalue weighted by Crippen LogP contribution is -2.29. The van der Waals surface area contributed by atoms with E-state index in [0.717, 1.165) is 19.6 Å². The zero-order chi connectivity index (χ0) is 10.6. The fourth-order valence-corrected chi connectivity index (χ4v) is 1.69. The Labute approximate surface area is 91.9 Å². The van der Waals surface area contributed by atoms with Crippen LogP contribution in [0.4, 0.5) is 0 Å². The maximum absolute atomic E-state index is 5.35. The Morgan fingerprint density at radius 2 is 2.07 bits per heavy atom. The Balaban J connectivity index is 2.98. The average molecular weight is 221 g/mol. The predicted octanol–water partition coefficient (Wildman–Crippen LogP) is 1.38. The summed E-state index contributed by atoms with van der Waals surface area (Å²) in [6, 6.07) is 0.601. The molecule has 3 nitrogen and oxygen atoms in total. The molecule has 0 radical (unpaired) electrons. The lowest BCUT2D eigenvalue weighted by atomic mass is 10.3. The summed E-state index contributed by atoms with van der Waals surface area (Å²) in [5.41, 5.74) is 0.